The number of hydrogen-bond acceptors (Lipinski definition) is 5. The van der Waals surface area contributed by atoms with E-state index in [-0.39, 0.29) is 5.91 Å². The van der Waals surface area contributed by atoms with Gasteiger partial charge in [0.1, 0.15) is 0 Å². The summed E-state index contributed by atoms with van der Waals surface area (Å²) in [6.07, 6.45) is 2.22. The standard InChI is InChI=1S/C21H26N4OS2/c1-5-7-17-11-16(12-27-17)20-23-24-21(25(20)6-2)28-13-19(26)22-18-10-14(3)8-9-15(18)4/h8-12H,5-7,13H2,1-4H3,(H,22,26). The second kappa shape index (κ2) is 9.39. The van der Waals surface area contributed by atoms with E-state index in [2.05, 4.69) is 45.4 Å². The van der Waals surface area contributed by atoms with E-state index >= 15 is 0 Å². The molecule has 1 N–H and O–H groups in total. The van der Waals surface area contributed by atoms with Gasteiger partial charge in [0.05, 0.1) is 5.75 Å². The summed E-state index contributed by atoms with van der Waals surface area (Å²) in [6.45, 7) is 9.04. The summed E-state index contributed by atoms with van der Waals surface area (Å²) in [5.74, 6) is 1.14. The number of amides is 1. The minimum atomic E-state index is -0.0355. The first kappa shape index (κ1) is 20.6. The van der Waals surface area contributed by atoms with Gasteiger partial charge >= 0.3 is 0 Å². The minimum Gasteiger partial charge on any atom is -0.325 e. The summed E-state index contributed by atoms with van der Waals surface area (Å²) in [5.41, 5.74) is 4.16. The molecule has 0 fully saturated rings. The summed E-state index contributed by atoms with van der Waals surface area (Å²) < 4.78 is 2.08. The largest absolute Gasteiger partial charge is 0.325 e. The van der Waals surface area contributed by atoms with Crippen molar-refractivity contribution in [1.82, 2.24) is 14.8 Å². The third kappa shape index (κ3) is 4.83. The number of thioether (sulfide) groups is 1. The van der Waals surface area contributed by atoms with Gasteiger partial charge in [-0.15, -0.1) is 21.5 Å². The lowest BCUT2D eigenvalue weighted by molar-refractivity contribution is -0.113. The number of aryl methyl sites for hydroxylation is 3. The van der Waals surface area contributed by atoms with Gasteiger partial charge in [0.25, 0.3) is 0 Å². The maximum absolute atomic E-state index is 12.4. The molecule has 0 spiro atoms. The Morgan fingerprint density at radius 1 is 1.21 bits per heavy atom. The first-order chi connectivity index (χ1) is 13.5. The highest BCUT2D eigenvalue weighted by molar-refractivity contribution is 7.99. The zero-order chi connectivity index (χ0) is 20.1. The molecule has 0 saturated carbocycles. The average Bonchev–Trinajstić information content (AvgIpc) is 3.29. The van der Waals surface area contributed by atoms with E-state index in [0.29, 0.717) is 5.75 Å². The molecule has 3 aromatic rings. The van der Waals surface area contributed by atoms with Gasteiger partial charge in [-0.1, -0.05) is 37.2 Å². The molecule has 28 heavy (non-hydrogen) atoms. The van der Waals surface area contributed by atoms with Crippen molar-refractivity contribution in [3.8, 4) is 11.4 Å². The molecule has 2 heterocycles. The molecule has 0 unspecified atom stereocenters. The summed E-state index contributed by atoms with van der Waals surface area (Å²) in [7, 11) is 0. The van der Waals surface area contributed by atoms with Crippen molar-refractivity contribution in [3.05, 3.63) is 45.6 Å². The molecule has 0 aliphatic rings. The number of anilines is 1. The molecule has 0 aliphatic carbocycles. The number of nitrogens with zero attached hydrogens (tertiary/aromatic N) is 3. The van der Waals surface area contributed by atoms with Crippen LogP contribution in [0.3, 0.4) is 0 Å². The van der Waals surface area contributed by atoms with Crippen molar-refractivity contribution in [3.63, 3.8) is 0 Å². The Hall–Kier alpha value is -2.12. The van der Waals surface area contributed by atoms with E-state index in [0.717, 1.165) is 52.7 Å². The Labute approximate surface area is 174 Å². The van der Waals surface area contributed by atoms with Gasteiger partial charge in [0, 0.05) is 28.1 Å². The van der Waals surface area contributed by atoms with Crippen LogP contribution in [-0.4, -0.2) is 26.4 Å². The number of hydrogen-bond donors (Lipinski definition) is 1. The number of carbonyl (C=O) groups excluding carboxylic acids is 1. The highest BCUT2D eigenvalue weighted by atomic mass is 32.2. The fourth-order valence-corrected chi connectivity index (χ4v) is 4.73. The fourth-order valence-electron chi connectivity index (χ4n) is 2.96. The van der Waals surface area contributed by atoms with Gasteiger partial charge < -0.3 is 9.88 Å². The third-order valence-corrected chi connectivity index (χ3v) is 6.40. The van der Waals surface area contributed by atoms with Gasteiger partial charge in [-0.05, 0) is 50.5 Å². The minimum absolute atomic E-state index is 0.0355. The van der Waals surface area contributed by atoms with Crippen molar-refractivity contribution in [2.45, 2.75) is 52.2 Å². The van der Waals surface area contributed by atoms with E-state index in [1.54, 1.807) is 11.3 Å². The van der Waals surface area contributed by atoms with Gasteiger partial charge in [-0.2, -0.15) is 0 Å². The molecule has 2 aromatic heterocycles. The molecule has 0 bridgehead atoms. The lowest BCUT2D eigenvalue weighted by Crippen LogP contribution is -2.15. The molecule has 3 rings (SSSR count). The molecule has 0 radical (unpaired) electrons. The second-order valence-electron chi connectivity index (χ2n) is 6.76. The van der Waals surface area contributed by atoms with Crippen LogP contribution in [0, 0.1) is 13.8 Å². The molecule has 0 saturated heterocycles. The number of nitrogens with one attached hydrogen (secondary N) is 1. The summed E-state index contributed by atoms with van der Waals surface area (Å²) in [4.78, 5) is 13.8. The Balaban J connectivity index is 1.68. The van der Waals surface area contributed by atoms with Gasteiger partial charge in [-0.25, -0.2) is 0 Å². The van der Waals surface area contributed by atoms with Crippen LogP contribution < -0.4 is 5.32 Å². The number of benzene rings is 1. The monoisotopic (exact) mass is 414 g/mol. The number of rotatable bonds is 8. The summed E-state index contributed by atoms with van der Waals surface area (Å²) in [6, 6.07) is 8.26. The van der Waals surface area contributed by atoms with Crippen molar-refractivity contribution in [2.75, 3.05) is 11.1 Å². The van der Waals surface area contributed by atoms with Crippen molar-refractivity contribution >= 4 is 34.7 Å². The lowest BCUT2D eigenvalue weighted by atomic mass is 10.1. The molecule has 0 atom stereocenters. The molecular formula is C21H26N4OS2. The highest BCUT2D eigenvalue weighted by Gasteiger charge is 2.16. The second-order valence-corrected chi connectivity index (χ2v) is 8.70. The van der Waals surface area contributed by atoms with E-state index < -0.39 is 0 Å². The Morgan fingerprint density at radius 3 is 2.79 bits per heavy atom. The van der Waals surface area contributed by atoms with E-state index in [1.807, 2.05) is 32.0 Å². The lowest BCUT2D eigenvalue weighted by Gasteiger charge is -2.09. The molecule has 5 nitrogen and oxygen atoms in total. The van der Waals surface area contributed by atoms with E-state index in [9.17, 15) is 4.79 Å². The molecule has 7 heteroatoms. The Morgan fingerprint density at radius 2 is 2.04 bits per heavy atom. The van der Waals surface area contributed by atoms with Gasteiger partial charge in [-0.3, -0.25) is 4.79 Å². The fraction of sp³-hybridized carbons (Fsp3) is 0.381. The molecule has 0 aliphatic heterocycles. The predicted octanol–water partition coefficient (Wildman–Crippen LogP) is 5.33. The SMILES string of the molecule is CCCc1cc(-c2nnc(SCC(=O)Nc3cc(C)ccc3C)n2CC)cs1. The topological polar surface area (TPSA) is 59.8 Å². The quantitative estimate of drug-likeness (QED) is 0.506. The summed E-state index contributed by atoms with van der Waals surface area (Å²) in [5, 5.41) is 14.6. The smallest absolute Gasteiger partial charge is 0.234 e. The zero-order valence-corrected chi connectivity index (χ0v) is 18.4. The molecule has 148 valence electrons. The molecule has 1 amide bonds. The molecule has 1 aromatic carbocycles. The summed E-state index contributed by atoms with van der Waals surface area (Å²) >= 11 is 3.19. The van der Waals surface area contributed by atoms with Gasteiger partial charge in [0.15, 0.2) is 11.0 Å². The van der Waals surface area contributed by atoms with Crippen LogP contribution in [0.25, 0.3) is 11.4 Å². The van der Waals surface area contributed by atoms with E-state index in [4.69, 9.17) is 0 Å². The van der Waals surface area contributed by atoms with Crippen molar-refractivity contribution in [2.24, 2.45) is 0 Å². The highest BCUT2D eigenvalue weighted by Crippen LogP contribution is 2.28. The normalized spacial score (nSPS) is 11.0. The van der Waals surface area contributed by atoms with E-state index in [1.165, 1.54) is 16.6 Å². The van der Waals surface area contributed by atoms with Crippen LogP contribution in [0.2, 0.25) is 0 Å². The van der Waals surface area contributed by atoms with Crippen LogP contribution in [0.1, 0.15) is 36.3 Å². The Kier molecular flexibility index (Phi) is 6.91. The van der Waals surface area contributed by atoms with Crippen molar-refractivity contribution < 1.29 is 4.79 Å². The molecular weight excluding hydrogens is 388 g/mol. The Bertz CT molecular complexity index is 961. The van der Waals surface area contributed by atoms with Crippen molar-refractivity contribution in [1.29, 1.82) is 0 Å². The van der Waals surface area contributed by atoms with Gasteiger partial charge in [0.2, 0.25) is 5.91 Å². The number of aromatic nitrogens is 3. The van der Waals surface area contributed by atoms with Crippen LogP contribution in [0.15, 0.2) is 34.8 Å². The number of carbonyl (C=O) groups is 1. The average molecular weight is 415 g/mol. The maximum Gasteiger partial charge on any atom is 0.234 e. The number of thiophene rings is 1. The predicted molar refractivity (Wildman–Crippen MR) is 118 cm³/mol. The van der Waals surface area contributed by atoms with Crippen LogP contribution in [0.5, 0.6) is 0 Å². The van der Waals surface area contributed by atoms with Crippen LogP contribution in [-0.2, 0) is 17.8 Å². The third-order valence-electron chi connectivity index (χ3n) is 4.44. The first-order valence-electron chi connectivity index (χ1n) is 9.52. The van der Waals surface area contributed by atoms with Crippen LogP contribution >= 0.6 is 23.1 Å². The van der Waals surface area contributed by atoms with Crippen LogP contribution in [0.4, 0.5) is 5.69 Å². The zero-order valence-electron chi connectivity index (χ0n) is 16.8. The first-order valence-corrected chi connectivity index (χ1v) is 11.4. The maximum atomic E-state index is 12.4.